The normalized spacial score (nSPS) is 11.2. The Labute approximate surface area is 110 Å². The van der Waals surface area contributed by atoms with Crippen molar-refractivity contribution in [1.82, 2.24) is 9.97 Å². The molecule has 0 radical (unpaired) electrons. The van der Waals surface area contributed by atoms with Gasteiger partial charge in [-0.2, -0.15) is 0 Å². The van der Waals surface area contributed by atoms with Crippen LogP contribution >= 0.6 is 11.6 Å². The molecule has 1 aromatic carbocycles. The van der Waals surface area contributed by atoms with Crippen molar-refractivity contribution in [1.29, 1.82) is 0 Å². The summed E-state index contributed by atoms with van der Waals surface area (Å²) in [6.45, 7) is 0. The van der Waals surface area contributed by atoms with E-state index >= 15 is 0 Å². The van der Waals surface area contributed by atoms with E-state index in [-0.39, 0.29) is 22.5 Å². The summed E-state index contributed by atoms with van der Waals surface area (Å²) in [5, 5.41) is 0.160. The average molecular weight is 291 g/mol. The predicted octanol–water partition coefficient (Wildman–Crippen LogP) is 3.82. The quantitative estimate of drug-likeness (QED) is 0.806. The Balaban J connectivity index is 2.15. The Kier molecular flexibility index (Phi) is 3.75. The first-order valence-corrected chi connectivity index (χ1v) is 5.31. The summed E-state index contributed by atoms with van der Waals surface area (Å²) in [6.07, 6.45) is -3.58. The number of hydrogen-bond donors (Lipinski definition) is 0. The third-order valence-electron chi connectivity index (χ3n) is 1.87. The van der Waals surface area contributed by atoms with Crippen molar-refractivity contribution in [2.75, 3.05) is 0 Å². The van der Waals surface area contributed by atoms with Gasteiger partial charge in [-0.25, -0.2) is 9.97 Å². The molecule has 8 heteroatoms. The lowest BCUT2D eigenvalue weighted by Crippen LogP contribution is -2.17. The lowest BCUT2D eigenvalue weighted by atomic mass is 10.3. The molecular weight excluding hydrogens is 285 g/mol. The summed E-state index contributed by atoms with van der Waals surface area (Å²) < 4.78 is 45.2. The molecular formula is C11H6ClF3N2O2. The molecule has 0 unspecified atom stereocenters. The van der Waals surface area contributed by atoms with Gasteiger partial charge in [-0.15, -0.1) is 13.2 Å². The van der Waals surface area contributed by atoms with Crippen LogP contribution in [-0.4, -0.2) is 16.3 Å². The summed E-state index contributed by atoms with van der Waals surface area (Å²) in [5.74, 6) is -0.133. The number of benzene rings is 1. The fourth-order valence-electron chi connectivity index (χ4n) is 1.23. The van der Waals surface area contributed by atoms with E-state index in [4.69, 9.17) is 16.3 Å². The lowest BCUT2D eigenvalue weighted by molar-refractivity contribution is -0.274. The van der Waals surface area contributed by atoms with Crippen LogP contribution in [-0.2, 0) is 0 Å². The van der Waals surface area contributed by atoms with Crippen molar-refractivity contribution < 1.29 is 22.6 Å². The van der Waals surface area contributed by atoms with Crippen LogP contribution in [0.4, 0.5) is 13.2 Å². The molecule has 0 amide bonds. The van der Waals surface area contributed by atoms with Crippen LogP contribution in [0.25, 0.3) is 0 Å². The smallest absolute Gasteiger partial charge is 0.439 e. The number of nitrogens with zero attached hydrogens (tertiary/aromatic N) is 2. The lowest BCUT2D eigenvalue weighted by Gasteiger charge is -2.10. The van der Waals surface area contributed by atoms with Crippen LogP contribution in [0.2, 0.25) is 5.15 Å². The molecule has 4 nitrogen and oxygen atoms in total. The van der Waals surface area contributed by atoms with Gasteiger partial charge in [0.05, 0.1) is 0 Å². The summed E-state index contributed by atoms with van der Waals surface area (Å²) in [4.78, 5) is 7.41. The number of ether oxygens (including phenoxy) is 2. The summed E-state index contributed by atoms with van der Waals surface area (Å²) in [5.41, 5.74) is 0. The second kappa shape index (κ2) is 5.31. The second-order valence-corrected chi connectivity index (χ2v) is 3.69. The number of aromatic nitrogens is 2. The monoisotopic (exact) mass is 290 g/mol. The fourth-order valence-corrected chi connectivity index (χ4v) is 1.37. The zero-order valence-electron chi connectivity index (χ0n) is 9.19. The number of halogens is 4. The maximum Gasteiger partial charge on any atom is 0.573 e. The largest absolute Gasteiger partial charge is 0.573 e. The molecule has 0 bridgehead atoms. The first-order valence-electron chi connectivity index (χ1n) is 4.93. The molecule has 0 N–H and O–H groups in total. The Morgan fingerprint density at radius 2 is 1.79 bits per heavy atom. The van der Waals surface area contributed by atoms with Gasteiger partial charge in [0.1, 0.15) is 23.0 Å². The molecule has 2 rings (SSSR count). The van der Waals surface area contributed by atoms with E-state index in [1.807, 2.05) is 0 Å². The molecule has 19 heavy (non-hydrogen) atoms. The molecule has 0 fully saturated rings. The van der Waals surface area contributed by atoms with Gasteiger partial charge in [-0.05, 0) is 12.1 Å². The highest BCUT2D eigenvalue weighted by Gasteiger charge is 2.31. The molecule has 0 aliphatic carbocycles. The van der Waals surface area contributed by atoms with E-state index in [9.17, 15) is 13.2 Å². The molecule has 0 aliphatic rings. The SMILES string of the molecule is FC(F)(F)Oc1cccc(Oc2cc(Cl)ncn2)c1. The van der Waals surface area contributed by atoms with E-state index in [2.05, 4.69) is 14.7 Å². The van der Waals surface area contributed by atoms with Crippen molar-refractivity contribution in [3.05, 3.63) is 41.8 Å². The van der Waals surface area contributed by atoms with E-state index in [0.717, 1.165) is 12.1 Å². The fraction of sp³-hybridized carbons (Fsp3) is 0.0909. The van der Waals surface area contributed by atoms with Crippen LogP contribution in [0, 0.1) is 0 Å². The summed E-state index contributed by atoms with van der Waals surface area (Å²) in [6, 6.07) is 6.40. The Morgan fingerprint density at radius 1 is 1.05 bits per heavy atom. The first kappa shape index (κ1) is 13.4. The van der Waals surface area contributed by atoms with E-state index in [0.29, 0.717) is 0 Å². The van der Waals surface area contributed by atoms with Gasteiger partial charge in [0.15, 0.2) is 0 Å². The molecule has 0 saturated heterocycles. The highest BCUT2D eigenvalue weighted by molar-refractivity contribution is 6.29. The average Bonchev–Trinajstić information content (AvgIpc) is 2.27. The third-order valence-corrected chi connectivity index (χ3v) is 2.08. The Hall–Kier alpha value is -2.02. The van der Waals surface area contributed by atoms with Crippen molar-refractivity contribution in [3.63, 3.8) is 0 Å². The molecule has 1 heterocycles. The molecule has 1 aromatic heterocycles. The summed E-state index contributed by atoms with van der Waals surface area (Å²) >= 11 is 5.62. The van der Waals surface area contributed by atoms with E-state index in [1.54, 1.807) is 0 Å². The van der Waals surface area contributed by atoms with Crippen molar-refractivity contribution >= 4 is 11.6 Å². The van der Waals surface area contributed by atoms with Crippen LogP contribution in [0.5, 0.6) is 17.4 Å². The molecule has 0 saturated carbocycles. The Morgan fingerprint density at radius 3 is 2.47 bits per heavy atom. The molecule has 2 aromatic rings. The highest BCUT2D eigenvalue weighted by Crippen LogP contribution is 2.28. The van der Waals surface area contributed by atoms with Crippen LogP contribution in [0.15, 0.2) is 36.7 Å². The minimum Gasteiger partial charge on any atom is -0.439 e. The van der Waals surface area contributed by atoms with Crippen LogP contribution in [0.3, 0.4) is 0 Å². The van der Waals surface area contributed by atoms with Crippen molar-refractivity contribution in [2.45, 2.75) is 6.36 Å². The number of hydrogen-bond acceptors (Lipinski definition) is 4. The first-order chi connectivity index (χ1) is 8.92. The topological polar surface area (TPSA) is 44.2 Å². The van der Waals surface area contributed by atoms with Crippen LogP contribution in [0.1, 0.15) is 0 Å². The second-order valence-electron chi connectivity index (χ2n) is 3.30. The maximum absolute atomic E-state index is 12.1. The molecule has 0 spiro atoms. The third kappa shape index (κ3) is 4.29. The maximum atomic E-state index is 12.1. The van der Waals surface area contributed by atoms with Gasteiger partial charge < -0.3 is 9.47 Å². The predicted molar refractivity (Wildman–Crippen MR) is 60.2 cm³/mol. The minimum atomic E-state index is -4.75. The van der Waals surface area contributed by atoms with Gasteiger partial charge >= 0.3 is 6.36 Å². The molecule has 100 valence electrons. The van der Waals surface area contributed by atoms with Gasteiger partial charge in [-0.1, -0.05) is 17.7 Å². The number of alkyl halides is 3. The number of rotatable bonds is 3. The van der Waals surface area contributed by atoms with Gasteiger partial charge in [0.2, 0.25) is 5.88 Å². The zero-order valence-corrected chi connectivity index (χ0v) is 9.94. The van der Waals surface area contributed by atoms with Crippen molar-refractivity contribution in [3.8, 4) is 17.4 Å². The highest BCUT2D eigenvalue weighted by atomic mass is 35.5. The molecule has 0 atom stereocenters. The van der Waals surface area contributed by atoms with E-state index in [1.165, 1.54) is 24.5 Å². The van der Waals surface area contributed by atoms with Gasteiger partial charge in [0.25, 0.3) is 0 Å². The van der Waals surface area contributed by atoms with E-state index < -0.39 is 6.36 Å². The van der Waals surface area contributed by atoms with Gasteiger partial charge in [0, 0.05) is 12.1 Å². The summed E-state index contributed by atoms with van der Waals surface area (Å²) in [7, 11) is 0. The van der Waals surface area contributed by atoms with Crippen LogP contribution < -0.4 is 9.47 Å². The van der Waals surface area contributed by atoms with Gasteiger partial charge in [-0.3, -0.25) is 0 Å². The standard InChI is InChI=1S/C11H6ClF3N2O2/c12-9-5-10(17-6-16-9)18-7-2-1-3-8(4-7)19-11(13,14)15/h1-6H. The van der Waals surface area contributed by atoms with Crippen molar-refractivity contribution in [2.24, 2.45) is 0 Å². The Bertz CT molecular complexity index is 578. The zero-order chi connectivity index (χ0) is 13.9. The molecule has 0 aliphatic heterocycles. The minimum absolute atomic E-state index is 0.115.